The fraction of sp³-hybridized carbons (Fsp3) is 0.214. The maximum Gasteiger partial charge on any atom is 0.265 e. The van der Waals surface area contributed by atoms with Crippen LogP contribution in [-0.2, 0) is 24.5 Å². The molecule has 7 heteroatoms. The Morgan fingerprint density at radius 2 is 1.76 bits per heavy atom. The van der Waals surface area contributed by atoms with Crippen molar-refractivity contribution in [2.75, 3.05) is 0 Å². The largest absolute Gasteiger partial charge is 0.392 e. The number of carbonyl (C=O) groups excluding carboxylic acids is 1. The molecule has 110 valence electrons. The molecule has 0 atom stereocenters. The second-order valence-corrected chi connectivity index (χ2v) is 4.49. The number of nitrogens with one attached hydrogen (secondary N) is 2. The summed E-state index contributed by atoms with van der Waals surface area (Å²) in [4.78, 5) is 34.3. The van der Waals surface area contributed by atoms with Gasteiger partial charge in [-0.3, -0.25) is 19.5 Å². The first-order valence-electron chi connectivity index (χ1n) is 6.34. The predicted octanol–water partition coefficient (Wildman–Crippen LogP) is -0.655. The van der Waals surface area contributed by atoms with E-state index in [0.717, 1.165) is 27.9 Å². The molecule has 0 saturated carbocycles. The number of benzene rings is 1. The van der Waals surface area contributed by atoms with E-state index in [1.807, 2.05) is 0 Å². The first kappa shape index (κ1) is 14.7. The van der Waals surface area contributed by atoms with Gasteiger partial charge in [-0.25, -0.2) is 4.68 Å². The summed E-state index contributed by atoms with van der Waals surface area (Å²) < 4.78 is 0.951. The molecule has 0 aliphatic carbocycles. The van der Waals surface area contributed by atoms with Gasteiger partial charge in [0.15, 0.2) is 0 Å². The van der Waals surface area contributed by atoms with Crippen molar-refractivity contribution in [3.63, 3.8) is 0 Å². The maximum atomic E-state index is 11.7. The van der Waals surface area contributed by atoms with Gasteiger partial charge in [0.05, 0.1) is 6.61 Å². The van der Waals surface area contributed by atoms with Crippen LogP contribution in [0.3, 0.4) is 0 Å². The second kappa shape index (κ2) is 6.67. The first-order chi connectivity index (χ1) is 10.1. The first-order valence-corrected chi connectivity index (χ1v) is 6.34. The number of hydrogen-bond donors (Lipinski definition) is 3. The second-order valence-electron chi connectivity index (χ2n) is 4.49. The number of hydrogen-bond acceptors (Lipinski definition) is 4. The molecular formula is C14H15N3O4. The Bertz CT molecular complexity index is 731. The van der Waals surface area contributed by atoms with Crippen molar-refractivity contribution in [1.29, 1.82) is 0 Å². The smallest absolute Gasteiger partial charge is 0.265 e. The quantitative estimate of drug-likeness (QED) is 0.680. The van der Waals surface area contributed by atoms with Gasteiger partial charge in [0.1, 0.15) is 6.54 Å². The molecule has 2 rings (SSSR count). The zero-order chi connectivity index (χ0) is 15.2. The summed E-state index contributed by atoms with van der Waals surface area (Å²) in [7, 11) is 0. The van der Waals surface area contributed by atoms with Crippen LogP contribution in [0.2, 0.25) is 0 Å². The fourth-order valence-corrected chi connectivity index (χ4v) is 1.74. The third kappa shape index (κ3) is 4.15. The molecule has 0 fully saturated rings. The van der Waals surface area contributed by atoms with Gasteiger partial charge in [-0.15, -0.1) is 0 Å². The van der Waals surface area contributed by atoms with Crippen LogP contribution in [0.4, 0.5) is 0 Å². The lowest BCUT2D eigenvalue weighted by Gasteiger charge is -2.07. The van der Waals surface area contributed by atoms with Gasteiger partial charge in [0, 0.05) is 18.7 Å². The molecule has 0 saturated heterocycles. The van der Waals surface area contributed by atoms with Crippen molar-refractivity contribution in [1.82, 2.24) is 15.1 Å². The lowest BCUT2D eigenvalue weighted by atomic mass is 10.1. The van der Waals surface area contributed by atoms with E-state index in [1.54, 1.807) is 24.3 Å². The number of rotatable bonds is 5. The highest BCUT2D eigenvalue weighted by molar-refractivity contribution is 5.75. The molecule has 0 aliphatic rings. The van der Waals surface area contributed by atoms with Gasteiger partial charge in [-0.2, -0.15) is 0 Å². The lowest BCUT2D eigenvalue weighted by Crippen LogP contribution is -2.35. The molecule has 0 radical (unpaired) electrons. The fourth-order valence-electron chi connectivity index (χ4n) is 1.74. The van der Waals surface area contributed by atoms with Crippen molar-refractivity contribution in [2.24, 2.45) is 0 Å². The van der Waals surface area contributed by atoms with Crippen molar-refractivity contribution >= 4 is 5.91 Å². The standard InChI is InChI=1S/C14H15N3O4/c18-9-11-3-1-10(2-4-11)7-15-13(20)8-17-14(21)6-5-12(19)16-17/h1-6,18H,7-9H2,(H,15,20)(H,16,19). The predicted molar refractivity (Wildman–Crippen MR) is 75.5 cm³/mol. The zero-order valence-corrected chi connectivity index (χ0v) is 11.2. The summed E-state index contributed by atoms with van der Waals surface area (Å²) in [6, 6.07) is 9.34. The SMILES string of the molecule is O=C(Cn1[nH]c(=O)ccc1=O)NCc1ccc(CO)cc1. The van der Waals surface area contributed by atoms with Gasteiger partial charge in [0.2, 0.25) is 5.91 Å². The highest BCUT2D eigenvalue weighted by Crippen LogP contribution is 2.03. The lowest BCUT2D eigenvalue weighted by molar-refractivity contribution is -0.122. The number of H-pyrrole nitrogens is 1. The zero-order valence-electron chi connectivity index (χ0n) is 11.2. The number of amides is 1. The molecule has 2 aromatic rings. The Morgan fingerprint density at radius 3 is 2.43 bits per heavy atom. The van der Waals surface area contributed by atoms with Crippen LogP contribution >= 0.6 is 0 Å². The Labute approximate surface area is 119 Å². The van der Waals surface area contributed by atoms with Crippen LogP contribution in [0.15, 0.2) is 46.0 Å². The average molecular weight is 289 g/mol. The topological polar surface area (TPSA) is 104 Å². The van der Waals surface area contributed by atoms with E-state index < -0.39 is 11.1 Å². The number of nitrogens with zero attached hydrogens (tertiary/aromatic N) is 1. The molecule has 1 amide bonds. The third-order valence-corrected chi connectivity index (χ3v) is 2.89. The third-order valence-electron chi connectivity index (χ3n) is 2.89. The van der Waals surface area contributed by atoms with Crippen molar-refractivity contribution in [2.45, 2.75) is 19.7 Å². The summed E-state index contributed by atoms with van der Waals surface area (Å²) in [5.74, 6) is -0.384. The van der Waals surface area contributed by atoms with E-state index in [1.165, 1.54) is 0 Å². The highest BCUT2D eigenvalue weighted by atomic mass is 16.3. The van der Waals surface area contributed by atoms with Crippen molar-refractivity contribution in [3.8, 4) is 0 Å². The van der Waals surface area contributed by atoms with E-state index >= 15 is 0 Å². The molecule has 0 unspecified atom stereocenters. The van der Waals surface area contributed by atoms with E-state index in [9.17, 15) is 14.4 Å². The summed E-state index contributed by atoms with van der Waals surface area (Å²) in [5.41, 5.74) is 0.770. The summed E-state index contributed by atoms with van der Waals surface area (Å²) >= 11 is 0. The van der Waals surface area contributed by atoms with Crippen molar-refractivity contribution < 1.29 is 9.90 Å². The Kier molecular flexibility index (Phi) is 4.68. The van der Waals surface area contributed by atoms with Crippen LogP contribution in [0.25, 0.3) is 0 Å². The normalized spacial score (nSPS) is 10.3. The van der Waals surface area contributed by atoms with E-state index in [0.29, 0.717) is 6.54 Å². The van der Waals surface area contributed by atoms with Gasteiger partial charge in [-0.05, 0) is 11.1 Å². The molecular weight excluding hydrogens is 274 g/mol. The molecule has 1 aromatic heterocycles. The average Bonchev–Trinajstić information content (AvgIpc) is 2.49. The molecule has 0 spiro atoms. The minimum Gasteiger partial charge on any atom is -0.392 e. The van der Waals surface area contributed by atoms with Gasteiger partial charge in [0.25, 0.3) is 11.1 Å². The summed E-state index contributed by atoms with van der Waals surface area (Å²) in [5, 5.41) is 13.9. The Hall–Kier alpha value is -2.67. The van der Waals surface area contributed by atoms with Gasteiger partial charge >= 0.3 is 0 Å². The molecule has 0 bridgehead atoms. The molecule has 21 heavy (non-hydrogen) atoms. The van der Waals surface area contributed by atoms with Gasteiger partial charge < -0.3 is 10.4 Å². The molecule has 0 aliphatic heterocycles. The molecule has 3 N–H and O–H groups in total. The number of aliphatic hydroxyl groups is 1. The van der Waals surface area contributed by atoms with E-state index in [-0.39, 0.29) is 19.1 Å². The number of aliphatic hydroxyl groups excluding tert-OH is 1. The van der Waals surface area contributed by atoms with Crippen LogP contribution in [0, 0.1) is 0 Å². The summed E-state index contributed by atoms with van der Waals surface area (Å²) in [6.45, 7) is 0.0247. The maximum absolute atomic E-state index is 11.7. The van der Waals surface area contributed by atoms with Gasteiger partial charge in [-0.1, -0.05) is 24.3 Å². The molecule has 7 nitrogen and oxygen atoms in total. The van der Waals surface area contributed by atoms with E-state index in [4.69, 9.17) is 5.11 Å². The number of aromatic nitrogens is 2. The minimum absolute atomic E-state index is 0.0308. The van der Waals surface area contributed by atoms with Crippen LogP contribution < -0.4 is 16.4 Å². The molecule has 1 aromatic carbocycles. The number of aromatic amines is 1. The van der Waals surface area contributed by atoms with Crippen molar-refractivity contribution in [3.05, 3.63) is 68.2 Å². The van der Waals surface area contributed by atoms with Crippen LogP contribution in [-0.4, -0.2) is 20.8 Å². The Morgan fingerprint density at radius 1 is 1.10 bits per heavy atom. The van der Waals surface area contributed by atoms with E-state index in [2.05, 4.69) is 10.4 Å². The minimum atomic E-state index is -0.447. The monoisotopic (exact) mass is 289 g/mol. The number of carbonyl (C=O) groups is 1. The molecule has 1 heterocycles. The highest BCUT2D eigenvalue weighted by Gasteiger charge is 2.05. The van der Waals surface area contributed by atoms with Crippen LogP contribution in [0.1, 0.15) is 11.1 Å². The Balaban J connectivity index is 1.94. The van der Waals surface area contributed by atoms with Crippen LogP contribution in [0.5, 0.6) is 0 Å². The summed E-state index contributed by atoms with van der Waals surface area (Å²) in [6.07, 6.45) is 0.